The molecule has 1 saturated heterocycles. The number of carbonyl (C=O) groups excluding carboxylic acids is 3. The van der Waals surface area contributed by atoms with Gasteiger partial charge < -0.3 is 5.32 Å². The molecule has 3 amide bonds. The van der Waals surface area contributed by atoms with Gasteiger partial charge >= 0.3 is 0 Å². The molecule has 2 bridgehead atoms. The van der Waals surface area contributed by atoms with Crippen molar-refractivity contribution in [2.24, 2.45) is 35.5 Å². The van der Waals surface area contributed by atoms with E-state index in [4.69, 9.17) is 0 Å². The molecule has 6 atom stereocenters. The number of nitrogens with one attached hydrogen (secondary N) is 1. The highest BCUT2D eigenvalue weighted by Gasteiger charge is 2.67. The highest BCUT2D eigenvalue weighted by Crippen LogP contribution is 2.65. The van der Waals surface area contributed by atoms with E-state index in [0.29, 0.717) is 11.8 Å². The molecule has 0 radical (unpaired) electrons. The van der Waals surface area contributed by atoms with Crippen LogP contribution in [0.3, 0.4) is 0 Å². The SMILES string of the molecule is CCc1ccccc1NC(=O)CN1C(=O)[C@@H]2[C@@H]3C=C[C@H]([C@H]4C[C@H]34)[C@@H]2C1=O. The molecule has 4 aliphatic carbocycles. The molecule has 5 aliphatic rings. The number of rotatable bonds is 4. The number of imide groups is 1. The van der Waals surface area contributed by atoms with Gasteiger partial charge in [0.15, 0.2) is 0 Å². The second kappa shape index (κ2) is 5.53. The molecule has 0 spiro atoms. The Balaban J connectivity index is 1.33. The number of hydrogen-bond donors (Lipinski definition) is 1. The minimum atomic E-state index is -0.309. The third-order valence-electron chi connectivity index (χ3n) is 6.73. The lowest BCUT2D eigenvalue weighted by atomic mass is 9.63. The molecule has 5 heteroatoms. The molecule has 1 N–H and O–H groups in total. The van der Waals surface area contributed by atoms with E-state index in [1.807, 2.05) is 31.2 Å². The average Bonchev–Trinajstić information content (AvgIpc) is 3.43. The summed E-state index contributed by atoms with van der Waals surface area (Å²) in [6, 6.07) is 7.61. The van der Waals surface area contributed by atoms with Crippen molar-refractivity contribution in [2.45, 2.75) is 19.8 Å². The zero-order valence-corrected chi connectivity index (χ0v) is 14.7. The Bertz CT molecular complexity index is 809. The fourth-order valence-corrected chi connectivity index (χ4v) is 5.46. The third-order valence-corrected chi connectivity index (χ3v) is 6.73. The van der Waals surface area contributed by atoms with Crippen LogP contribution < -0.4 is 5.32 Å². The van der Waals surface area contributed by atoms with Gasteiger partial charge in [0.25, 0.3) is 0 Å². The third kappa shape index (κ3) is 2.12. The van der Waals surface area contributed by atoms with E-state index in [9.17, 15) is 14.4 Å². The summed E-state index contributed by atoms with van der Waals surface area (Å²) in [5.41, 5.74) is 1.79. The summed E-state index contributed by atoms with van der Waals surface area (Å²) in [6.45, 7) is 1.84. The van der Waals surface area contributed by atoms with Crippen LogP contribution in [0.2, 0.25) is 0 Å². The maximum absolute atomic E-state index is 12.9. The Morgan fingerprint density at radius 1 is 1.08 bits per heavy atom. The molecule has 26 heavy (non-hydrogen) atoms. The predicted octanol–water partition coefficient (Wildman–Crippen LogP) is 2.24. The molecule has 0 aromatic heterocycles. The average molecular weight is 350 g/mol. The summed E-state index contributed by atoms with van der Waals surface area (Å²) in [4.78, 5) is 39.5. The van der Waals surface area contributed by atoms with Crippen molar-refractivity contribution in [1.82, 2.24) is 4.90 Å². The smallest absolute Gasteiger partial charge is 0.244 e. The number of carbonyl (C=O) groups is 3. The van der Waals surface area contributed by atoms with Crippen LogP contribution in [0.4, 0.5) is 5.69 Å². The van der Waals surface area contributed by atoms with E-state index in [0.717, 1.165) is 24.1 Å². The Labute approximate surface area is 152 Å². The lowest BCUT2D eigenvalue weighted by Gasteiger charge is -2.37. The summed E-state index contributed by atoms with van der Waals surface area (Å²) in [5.74, 6) is 0.458. The fourth-order valence-electron chi connectivity index (χ4n) is 5.46. The highest BCUT2D eigenvalue weighted by atomic mass is 16.2. The summed E-state index contributed by atoms with van der Waals surface area (Å²) in [6.07, 6.45) is 6.24. The molecule has 1 aliphatic heterocycles. The maximum atomic E-state index is 12.9. The molecule has 0 unspecified atom stereocenters. The summed E-state index contributed by atoms with van der Waals surface area (Å²) >= 11 is 0. The van der Waals surface area contributed by atoms with Gasteiger partial charge in [-0.05, 0) is 48.1 Å². The van der Waals surface area contributed by atoms with E-state index < -0.39 is 0 Å². The first-order valence-electron chi connectivity index (χ1n) is 9.51. The zero-order chi connectivity index (χ0) is 18.0. The second-order valence-electron chi connectivity index (χ2n) is 7.98. The number of aryl methyl sites for hydroxylation is 1. The first-order valence-corrected chi connectivity index (χ1v) is 9.51. The number of nitrogens with zero attached hydrogens (tertiary/aromatic N) is 1. The van der Waals surface area contributed by atoms with Gasteiger partial charge in [-0.1, -0.05) is 37.3 Å². The van der Waals surface area contributed by atoms with Crippen LogP contribution in [-0.4, -0.2) is 29.2 Å². The monoisotopic (exact) mass is 350 g/mol. The number of allylic oxidation sites excluding steroid dienone is 2. The van der Waals surface area contributed by atoms with Crippen molar-refractivity contribution < 1.29 is 14.4 Å². The van der Waals surface area contributed by atoms with Crippen molar-refractivity contribution in [2.75, 3.05) is 11.9 Å². The van der Waals surface area contributed by atoms with Crippen LogP contribution in [0.5, 0.6) is 0 Å². The summed E-state index contributed by atoms with van der Waals surface area (Å²) in [7, 11) is 0. The Morgan fingerprint density at radius 2 is 1.69 bits per heavy atom. The molecular weight excluding hydrogens is 328 g/mol. The van der Waals surface area contributed by atoms with Crippen LogP contribution in [0.15, 0.2) is 36.4 Å². The van der Waals surface area contributed by atoms with Gasteiger partial charge in [-0.3, -0.25) is 19.3 Å². The molecule has 1 heterocycles. The lowest BCUT2D eigenvalue weighted by molar-refractivity contribution is -0.142. The molecule has 134 valence electrons. The van der Waals surface area contributed by atoms with Crippen molar-refractivity contribution >= 4 is 23.4 Å². The maximum Gasteiger partial charge on any atom is 0.244 e. The molecule has 1 aromatic rings. The van der Waals surface area contributed by atoms with Gasteiger partial charge in [0.1, 0.15) is 6.54 Å². The number of benzene rings is 1. The van der Waals surface area contributed by atoms with Gasteiger partial charge in [-0.2, -0.15) is 0 Å². The number of para-hydroxylation sites is 1. The van der Waals surface area contributed by atoms with Crippen molar-refractivity contribution in [1.29, 1.82) is 0 Å². The van der Waals surface area contributed by atoms with Crippen LogP contribution in [-0.2, 0) is 20.8 Å². The van der Waals surface area contributed by atoms with Gasteiger partial charge in [0.2, 0.25) is 17.7 Å². The predicted molar refractivity (Wildman–Crippen MR) is 95.9 cm³/mol. The zero-order valence-electron chi connectivity index (χ0n) is 14.7. The van der Waals surface area contributed by atoms with Gasteiger partial charge in [-0.15, -0.1) is 0 Å². The minimum Gasteiger partial charge on any atom is -0.324 e. The second-order valence-corrected chi connectivity index (χ2v) is 7.98. The van der Waals surface area contributed by atoms with Crippen LogP contribution in [0.25, 0.3) is 0 Å². The van der Waals surface area contributed by atoms with Crippen LogP contribution >= 0.6 is 0 Å². The lowest BCUT2D eigenvalue weighted by Crippen LogP contribution is -2.40. The van der Waals surface area contributed by atoms with Crippen molar-refractivity contribution in [3.05, 3.63) is 42.0 Å². The van der Waals surface area contributed by atoms with E-state index in [2.05, 4.69) is 17.5 Å². The standard InChI is InChI=1S/C21H22N2O3/c1-2-11-5-3-4-6-16(11)22-17(24)10-23-20(25)18-12-7-8-13(15-9-14(12)15)19(18)21(23)26/h3-8,12-15,18-19H,2,9-10H2,1H3,(H,22,24)/t12-,13-,14-,15-,18-,19+/m1/s1. The molecule has 5 nitrogen and oxygen atoms in total. The first kappa shape index (κ1) is 15.8. The van der Waals surface area contributed by atoms with Crippen molar-refractivity contribution in [3.63, 3.8) is 0 Å². The molecule has 1 aromatic carbocycles. The number of amides is 3. The molecular formula is C21H22N2O3. The fraction of sp³-hybridized carbons (Fsp3) is 0.476. The Hall–Kier alpha value is -2.43. The van der Waals surface area contributed by atoms with Crippen LogP contribution in [0.1, 0.15) is 18.9 Å². The molecule has 6 rings (SSSR count). The topological polar surface area (TPSA) is 66.5 Å². The van der Waals surface area contributed by atoms with E-state index >= 15 is 0 Å². The number of hydrogen-bond acceptors (Lipinski definition) is 3. The minimum absolute atomic E-state index is 0.149. The Kier molecular flexibility index (Phi) is 3.36. The first-order chi connectivity index (χ1) is 12.6. The number of likely N-dealkylation sites (tertiary alicyclic amines) is 1. The number of anilines is 1. The summed E-state index contributed by atoms with van der Waals surface area (Å²) < 4.78 is 0. The van der Waals surface area contributed by atoms with Crippen molar-refractivity contribution in [3.8, 4) is 0 Å². The normalized spacial score (nSPS) is 36.1. The largest absolute Gasteiger partial charge is 0.324 e. The van der Waals surface area contributed by atoms with E-state index in [1.165, 1.54) is 4.90 Å². The van der Waals surface area contributed by atoms with Gasteiger partial charge in [0, 0.05) is 5.69 Å². The van der Waals surface area contributed by atoms with Crippen LogP contribution in [0, 0.1) is 35.5 Å². The molecule has 2 saturated carbocycles. The molecule has 3 fully saturated rings. The summed E-state index contributed by atoms with van der Waals surface area (Å²) in [5, 5.41) is 2.87. The van der Waals surface area contributed by atoms with Gasteiger partial charge in [0.05, 0.1) is 11.8 Å². The van der Waals surface area contributed by atoms with E-state index in [-0.39, 0.29) is 47.9 Å². The highest BCUT2D eigenvalue weighted by molar-refractivity contribution is 6.09. The van der Waals surface area contributed by atoms with E-state index in [1.54, 1.807) is 0 Å². The Morgan fingerprint density at radius 3 is 2.31 bits per heavy atom. The quantitative estimate of drug-likeness (QED) is 0.669. The van der Waals surface area contributed by atoms with Gasteiger partial charge in [-0.25, -0.2) is 0 Å².